The number of aromatic nitrogens is 2. The zero-order valence-corrected chi connectivity index (χ0v) is 12.0. The van der Waals surface area contributed by atoms with Gasteiger partial charge in [-0.25, -0.2) is 9.78 Å². The van der Waals surface area contributed by atoms with Crippen molar-refractivity contribution in [2.75, 3.05) is 19.6 Å². The number of carboxylic acids is 1. The van der Waals surface area contributed by atoms with Crippen LogP contribution in [-0.2, 0) is 6.54 Å². The second-order valence-electron chi connectivity index (χ2n) is 4.88. The highest BCUT2D eigenvalue weighted by Gasteiger charge is 2.09. The minimum atomic E-state index is -0.902. The standard InChI is InChI=1S/C15H21N3O2/c1-3-7-17(4-2)8-9-18-11-16-13-6-5-12(15(19)20)10-14(13)18/h5-6,10-11H,3-4,7-9H2,1-2H3,(H,19,20). The number of rotatable bonds is 7. The second-order valence-corrected chi connectivity index (χ2v) is 4.88. The van der Waals surface area contributed by atoms with Crippen molar-refractivity contribution in [3.05, 3.63) is 30.1 Å². The van der Waals surface area contributed by atoms with Gasteiger partial charge >= 0.3 is 5.97 Å². The number of fused-ring (bicyclic) bond motifs is 1. The summed E-state index contributed by atoms with van der Waals surface area (Å²) in [5.41, 5.74) is 2.03. The lowest BCUT2D eigenvalue weighted by Crippen LogP contribution is -2.28. The van der Waals surface area contributed by atoms with E-state index in [1.165, 1.54) is 0 Å². The Morgan fingerprint density at radius 1 is 1.35 bits per heavy atom. The van der Waals surface area contributed by atoms with Gasteiger partial charge in [0.2, 0.25) is 0 Å². The first-order valence-corrected chi connectivity index (χ1v) is 7.06. The van der Waals surface area contributed by atoms with Crippen LogP contribution in [0.2, 0.25) is 0 Å². The van der Waals surface area contributed by atoms with Gasteiger partial charge < -0.3 is 14.6 Å². The van der Waals surface area contributed by atoms with Crippen LogP contribution >= 0.6 is 0 Å². The maximum atomic E-state index is 11.0. The topological polar surface area (TPSA) is 58.4 Å². The smallest absolute Gasteiger partial charge is 0.335 e. The summed E-state index contributed by atoms with van der Waals surface area (Å²) in [6.45, 7) is 8.23. The zero-order valence-electron chi connectivity index (χ0n) is 12.0. The van der Waals surface area contributed by atoms with E-state index < -0.39 is 5.97 Å². The Labute approximate surface area is 118 Å². The van der Waals surface area contributed by atoms with E-state index >= 15 is 0 Å². The highest BCUT2D eigenvalue weighted by Crippen LogP contribution is 2.15. The Hall–Kier alpha value is -1.88. The third-order valence-corrected chi connectivity index (χ3v) is 3.51. The fraction of sp³-hybridized carbons (Fsp3) is 0.467. The molecule has 20 heavy (non-hydrogen) atoms. The third kappa shape index (κ3) is 3.17. The average Bonchev–Trinajstić information content (AvgIpc) is 2.85. The lowest BCUT2D eigenvalue weighted by atomic mass is 10.2. The van der Waals surface area contributed by atoms with Crippen molar-refractivity contribution in [3.63, 3.8) is 0 Å². The van der Waals surface area contributed by atoms with Crippen molar-refractivity contribution in [3.8, 4) is 0 Å². The first kappa shape index (κ1) is 14.5. The van der Waals surface area contributed by atoms with E-state index in [0.717, 1.165) is 43.6 Å². The number of carbonyl (C=O) groups is 1. The quantitative estimate of drug-likeness (QED) is 0.843. The second kappa shape index (κ2) is 6.52. The molecule has 0 spiro atoms. The molecule has 5 nitrogen and oxygen atoms in total. The molecular formula is C15H21N3O2. The summed E-state index contributed by atoms with van der Waals surface area (Å²) in [5, 5.41) is 9.06. The van der Waals surface area contributed by atoms with Crippen LogP contribution in [0.4, 0.5) is 0 Å². The Kier molecular flexibility index (Phi) is 4.74. The number of nitrogens with zero attached hydrogens (tertiary/aromatic N) is 3. The Balaban J connectivity index is 2.17. The molecule has 1 heterocycles. The summed E-state index contributed by atoms with van der Waals surface area (Å²) in [5.74, 6) is -0.902. The molecule has 0 saturated carbocycles. The van der Waals surface area contributed by atoms with Gasteiger partial charge in [-0.2, -0.15) is 0 Å². The highest BCUT2D eigenvalue weighted by atomic mass is 16.4. The van der Waals surface area contributed by atoms with Crippen molar-refractivity contribution in [2.24, 2.45) is 0 Å². The molecule has 0 bridgehead atoms. The number of hydrogen-bond donors (Lipinski definition) is 1. The van der Waals surface area contributed by atoms with Crippen LogP contribution in [-0.4, -0.2) is 45.2 Å². The number of aromatic carboxylic acids is 1. The maximum Gasteiger partial charge on any atom is 0.335 e. The molecule has 0 saturated heterocycles. The predicted octanol–water partition coefficient (Wildman–Crippen LogP) is 2.47. The fourth-order valence-electron chi connectivity index (χ4n) is 2.36. The zero-order chi connectivity index (χ0) is 14.5. The van der Waals surface area contributed by atoms with Gasteiger partial charge in [-0.15, -0.1) is 0 Å². The van der Waals surface area contributed by atoms with Gasteiger partial charge in [-0.05, 0) is 37.7 Å². The minimum Gasteiger partial charge on any atom is -0.478 e. The van der Waals surface area contributed by atoms with E-state index in [-0.39, 0.29) is 0 Å². The number of imidazole rings is 1. The first-order chi connectivity index (χ1) is 9.65. The largest absolute Gasteiger partial charge is 0.478 e. The van der Waals surface area contributed by atoms with Gasteiger partial charge in [0.15, 0.2) is 0 Å². The molecule has 0 amide bonds. The van der Waals surface area contributed by atoms with E-state index in [1.807, 2.05) is 4.57 Å². The molecule has 0 unspecified atom stereocenters. The lowest BCUT2D eigenvalue weighted by molar-refractivity contribution is 0.0697. The first-order valence-electron chi connectivity index (χ1n) is 7.06. The highest BCUT2D eigenvalue weighted by molar-refractivity contribution is 5.92. The Morgan fingerprint density at radius 3 is 2.80 bits per heavy atom. The van der Waals surface area contributed by atoms with E-state index in [1.54, 1.807) is 24.5 Å². The summed E-state index contributed by atoms with van der Waals surface area (Å²) in [7, 11) is 0. The SMILES string of the molecule is CCCN(CC)CCn1cnc2ccc(C(=O)O)cc21. The van der Waals surface area contributed by atoms with Gasteiger partial charge in [0.25, 0.3) is 0 Å². The monoisotopic (exact) mass is 275 g/mol. The van der Waals surface area contributed by atoms with E-state index in [0.29, 0.717) is 5.56 Å². The molecule has 108 valence electrons. The van der Waals surface area contributed by atoms with Crippen LogP contribution in [0.1, 0.15) is 30.6 Å². The molecular weight excluding hydrogens is 254 g/mol. The van der Waals surface area contributed by atoms with Crippen molar-refractivity contribution in [2.45, 2.75) is 26.8 Å². The van der Waals surface area contributed by atoms with Crippen LogP contribution < -0.4 is 0 Å². The molecule has 1 aromatic heterocycles. The molecule has 5 heteroatoms. The van der Waals surface area contributed by atoms with Gasteiger partial charge in [0.1, 0.15) is 0 Å². The van der Waals surface area contributed by atoms with Crippen LogP contribution in [0, 0.1) is 0 Å². The number of benzene rings is 1. The summed E-state index contributed by atoms with van der Waals surface area (Å²) in [6, 6.07) is 5.05. The van der Waals surface area contributed by atoms with Crippen LogP contribution in [0.3, 0.4) is 0 Å². The van der Waals surface area contributed by atoms with Crippen molar-refractivity contribution in [1.29, 1.82) is 0 Å². The van der Waals surface area contributed by atoms with E-state index in [2.05, 4.69) is 23.7 Å². The Bertz CT molecular complexity index is 592. The van der Waals surface area contributed by atoms with Crippen molar-refractivity contribution < 1.29 is 9.90 Å². The Morgan fingerprint density at radius 2 is 2.15 bits per heavy atom. The number of hydrogen-bond acceptors (Lipinski definition) is 3. The van der Waals surface area contributed by atoms with Crippen LogP contribution in [0.15, 0.2) is 24.5 Å². The van der Waals surface area contributed by atoms with Gasteiger partial charge in [0, 0.05) is 13.1 Å². The minimum absolute atomic E-state index is 0.306. The van der Waals surface area contributed by atoms with Crippen molar-refractivity contribution >= 4 is 17.0 Å². The summed E-state index contributed by atoms with van der Waals surface area (Å²) in [4.78, 5) is 17.7. The molecule has 1 aromatic carbocycles. The summed E-state index contributed by atoms with van der Waals surface area (Å²) in [6.07, 6.45) is 2.93. The molecule has 0 fully saturated rings. The van der Waals surface area contributed by atoms with Gasteiger partial charge in [0.05, 0.1) is 22.9 Å². The normalized spacial score (nSPS) is 11.3. The molecule has 0 aliphatic heterocycles. The average molecular weight is 275 g/mol. The fourth-order valence-corrected chi connectivity index (χ4v) is 2.36. The maximum absolute atomic E-state index is 11.0. The molecule has 0 radical (unpaired) electrons. The number of likely N-dealkylation sites (N-methyl/N-ethyl adjacent to an activating group) is 1. The summed E-state index contributed by atoms with van der Waals surface area (Å²) < 4.78 is 2.03. The lowest BCUT2D eigenvalue weighted by Gasteiger charge is -2.19. The summed E-state index contributed by atoms with van der Waals surface area (Å²) >= 11 is 0. The molecule has 2 aromatic rings. The van der Waals surface area contributed by atoms with Gasteiger partial charge in [-0.1, -0.05) is 13.8 Å². The van der Waals surface area contributed by atoms with Crippen LogP contribution in [0.25, 0.3) is 11.0 Å². The molecule has 2 rings (SSSR count). The number of carboxylic acid groups (broad SMARTS) is 1. The van der Waals surface area contributed by atoms with E-state index in [9.17, 15) is 4.79 Å². The predicted molar refractivity (Wildman–Crippen MR) is 79.1 cm³/mol. The van der Waals surface area contributed by atoms with Crippen LogP contribution in [0.5, 0.6) is 0 Å². The van der Waals surface area contributed by atoms with Gasteiger partial charge in [-0.3, -0.25) is 0 Å². The molecule has 0 aliphatic rings. The third-order valence-electron chi connectivity index (χ3n) is 3.51. The molecule has 0 atom stereocenters. The van der Waals surface area contributed by atoms with E-state index in [4.69, 9.17) is 5.11 Å². The van der Waals surface area contributed by atoms with Crippen molar-refractivity contribution in [1.82, 2.24) is 14.5 Å². The molecule has 1 N–H and O–H groups in total. The molecule has 0 aliphatic carbocycles.